The Morgan fingerprint density at radius 3 is 2.59 bits per heavy atom. The molecule has 5 rings (SSSR count). The Labute approximate surface area is 164 Å². The van der Waals surface area contributed by atoms with Crippen LogP contribution in [0.4, 0.5) is 10.2 Å². The van der Waals surface area contributed by atoms with E-state index in [0.717, 1.165) is 5.57 Å². The minimum atomic E-state index is -0.628. The van der Waals surface area contributed by atoms with Gasteiger partial charge < -0.3 is 5.73 Å². The van der Waals surface area contributed by atoms with Crippen LogP contribution in [0.2, 0.25) is 0 Å². The number of benzene rings is 2. The van der Waals surface area contributed by atoms with Crippen molar-refractivity contribution in [1.82, 2.24) is 19.6 Å². The SMILES string of the molecule is Nc1ncnn2c(C3=CC=C3)nc(-c3ccc(C(=O)c4ccccc4)c(F)c3)c12. The number of halogens is 1. The Hall–Kier alpha value is -4.13. The van der Waals surface area contributed by atoms with Crippen LogP contribution in [0.1, 0.15) is 21.7 Å². The van der Waals surface area contributed by atoms with Crippen molar-refractivity contribution in [3.05, 3.63) is 95.9 Å². The number of fused-ring (bicyclic) bond motifs is 1. The van der Waals surface area contributed by atoms with Crippen molar-refractivity contribution in [2.24, 2.45) is 0 Å². The number of hydrogen-bond acceptors (Lipinski definition) is 5. The summed E-state index contributed by atoms with van der Waals surface area (Å²) in [7, 11) is 0. The third kappa shape index (κ3) is 2.71. The van der Waals surface area contributed by atoms with Crippen LogP contribution >= 0.6 is 0 Å². The Morgan fingerprint density at radius 1 is 1.10 bits per heavy atom. The molecule has 0 radical (unpaired) electrons. The smallest absolute Gasteiger partial charge is 0.195 e. The van der Waals surface area contributed by atoms with Gasteiger partial charge in [-0.2, -0.15) is 5.10 Å². The summed E-state index contributed by atoms with van der Waals surface area (Å²) in [6, 6.07) is 13.0. The van der Waals surface area contributed by atoms with E-state index in [0.29, 0.717) is 28.2 Å². The van der Waals surface area contributed by atoms with E-state index in [1.54, 1.807) is 40.9 Å². The number of nitrogens with two attached hydrogens (primary N) is 1. The molecular weight excluding hydrogens is 369 g/mol. The first-order valence-electron chi connectivity index (χ1n) is 8.91. The number of ketones is 1. The summed E-state index contributed by atoms with van der Waals surface area (Å²) in [5.41, 5.74) is 8.81. The highest BCUT2D eigenvalue weighted by Crippen LogP contribution is 2.32. The maximum absolute atomic E-state index is 14.9. The van der Waals surface area contributed by atoms with E-state index >= 15 is 0 Å². The number of carbonyl (C=O) groups excluding carboxylic acids is 1. The standard InChI is InChI=1S/C22H14FN5O/c23-17-11-15(9-10-16(17)20(29)13-5-2-1-3-6-13)18-19-21(24)25-12-26-28(19)22(27-18)14-7-4-8-14/h1-12H,(H2,24,25,26). The predicted octanol–water partition coefficient (Wildman–Crippen LogP) is 3.70. The fraction of sp³-hybridized carbons (Fsp3) is 0. The predicted molar refractivity (Wildman–Crippen MR) is 108 cm³/mol. The first-order chi connectivity index (χ1) is 14.1. The molecule has 0 amide bonds. The molecule has 7 heteroatoms. The van der Waals surface area contributed by atoms with E-state index in [1.807, 2.05) is 18.2 Å². The summed E-state index contributed by atoms with van der Waals surface area (Å²) in [6.07, 6.45) is 7.05. The minimum Gasteiger partial charge on any atom is -0.382 e. The third-order valence-corrected chi connectivity index (χ3v) is 4.79. The van der Waals surface area contributed by atoms with Gasteiger partial charge in [0, 0.05) is 16.7 Å². The number of nitrogens with zero attached hydrogens (tertiary/aromatic N) is 4. The van der Waals surface area contributed by atoms with Crippen molar-refractivity contribution in [2.45, 2.75) is 0 Å². The van der Waals surface area contributed by atoms with Crippen LogP contribution in [0, 0.1) is 5.82 Å². The number of nitrogen functional groups attached to an aromatic ring is 1. The van der Waals surface area contributed by atoms with Gasteiger partial charge in [0.05, 0.1) is 5.56 Å². The molecule has 2 aromatic carbocycles. The molecule has 2 heterocycles. The van der Waals surface area contributed by atoms with Crippen LogP contribution in [0.25, 0.3) is 22.3 Å². The van der Waals surface area contributed by atoms with Gasteiger partial charge >= 0.3 is 0 Å². The highest BCUT2D eigenvalue weighted by atomic mass is 19.1. The summed E-state index contributed by atoms with van der Waals surface area (Å²) in [6.45, 7) is 0. The lowest BCUT2D eigenvalue weighted by Gasteiger charge is -2.06. The lowest BCUT2D eigenvalue weighted by atomic mass is 10.0. The molecule has 0 spiro atoms. The van der Waals surface area contributed by atoms with Crippen molar-refractivity contribution in [1.29, 1.82) is 0 Å². The number of hydrogen-bond donors (Lipinski definition) is 1. The first kappa shape index (κ1) is 17.0. The monoisotopic (exact) mass is 383 g/mol. The van der Waals surface area contributed by atoms with Crippen molar-refractivity contribution in [2.75, 3.05) is 5.73 Å². The number of anilines is 1. The van der Waals surface area contributed by atoms with E-state index in [4.69, 9.17) is 5.73 Å². The van der Waals surface area contributed by atoms with Crippen LogP contribution in [0.5, 0.6) is 0 Å². The molecule has 29 heavy (non-hydrogen) atoms. The number of carbonyl (C=O) groups is 1. The van der Waals surface area contributed by atoms with Gasteiger partial charge in [-0.05, 0) is 12.1 Å². The summed E-state index contributed by atoms with van der Waals surface area (Å²) in [5.74, 6) is -0.172. The molecule has 2 aromatic heterocycles. The average Bonchev–Trinajstić information content (AvgIpc) is 3.07. The molecule has 0 aliphatic heterocycles. The zero-order valence-corrected chi connectivity index (χ0v) is 15.1. The average molecular weight is 383 g/mol. The third-order valence-electron chi connectivity index (χ3n) is 4.79. The van der Waals surface area contributed by atoms with Crippen molar-refractivity contribution < 1.29 is 9.18 Å². The summed E-state index contributed by atoms with van der Waals surface area (Å²) in [4.78, 5) is 21.3. The van der Waals surface area contributed by atoms with Crippen LogP contribution < -0.4 is 5.73 Å². The molecule has 0 bridgehead atoms. The fourth-order valence-electron chi connectivity index (χ4n) is 3.28. The topological polar surface area (TPSA) is 86.2 Å². The Morgan fingerprint density at radius 2 is 1.90 bits per heavy atom. The fourth-order valence-corrected chi connectivity index (χ4v) is 3.28. The Kier molecular flexibility index (Phi) is 3.80. The molecular formula is C22H14FN5O. The number of aromatic nitrogens is 4. The van der Waals surface area contributed by atoms with Gasteiger partial charge in [-0.3, -0.25) is 4.79 Å². The van der Waals surface area contributed by atoms with E-state index < -0.39 is 5.82 Å². The van der Waals surface area contributed by atoms with Crippen LogP contribution in [0.3, 0.4) is 0 Å². The molecule has 2 N–H and O–H groups in total. The van der Waals surface area contributed by atoms with Gasteiger partial charge in [-0.25, -0.2) is 18.9 Å². The lowest BCUT2D eigenvalue weighted by Crippen LogP contribution is -2.04. The maximum Gasteiger partial charge on any atom is 0.195 e. The maximum atomic E-state index is 14.9. The zero-order chi connectivity index (χ0) is 20.0. The second-order valence-electron chi connectivity index (χ2n) is 6.56. The summed E-state index contributed by atoms with van der Waals surface area (Å²) >= 11 is 0. The van der Waals surface area contributed by atoms with Crippen LogP contribution in [-0.4, -0.2) is 25.4 Å². The van der Waals surface area contributed by atoms with Gasteiger partial charge in [0.25, 0.3) is 0 Å². The van der Waals surface area contributed by atoms with Gasteiger partial charge in [0.15, 0.2) is 17.4 Å². The van der Waals surface area contributed by atoms with Crippen LogP contribution in [0.15, 0.2) is 73.1 Å². The van der Waals surface area contributed by atoms with E-state index in [1.165, 1.54) is 18.5 Å². The summed E-state index contributed by atoms with van der Waals surface area (Å²) < 4.78 is 16.5. The highest BCUT2D eigenvalue weighted by Gasteiger charge is 2.21. The van der Waals surface area contributed by atoms with Crippen LogP contribution in [-0.2, 0) is 0 Å². The van der Waals surface area contributed by atoms with Crippen molar-refractivity contribution in [3.63, 3.8) is 0 Å². The molecule has 0 atom stereocenters. The van der Waals surface area contributed by atoms with E-state index in [2.05, 4.69) is 15.1 Å². The van der Waals surface area contributed by atoms with Gasteiger partial charge in [-0.15, -0.1) is 0 Å². The van der Waals surface area contributed by atoms with E-state index in [-0.39, 0.29) is 17.2 Å². The normalized spacial score (nSPS) is 12.7. The van der Waals surface area contributed by atoms with E-state index in [9.17, 15) is 9.18 Å². The Balaban J connectivity index is 1.63. The molecule has 0 saturated carbocycles. The highest BCUT2D eigenvalue weighted by molar-refractivity contribution is 6.09. The molecule has 0 unspecified atom stereocenters. The second kappa shape index (κ2) is 6.49. The lowest BCUT2D eigenvalue weighted by molar-refractivity contribution is 0.103. The van der Waals surface area contributed by atoms with Gasteiger partial charge in [-0.1, -0.05) is 54.6 Å². The largest absolute Gasteiger partial charge is 0.382 e. The molecule has 140 valence electrons. The number of allylic oxidation sites excluding steroid dienone is 4. The molecule has 0 saturated heterocycles. The molecule has 1 aliphatic rings. The Bertz CT molecular complexity index is 1340. The zero-order valence-electron chi connectivity index (χ0n) is 15.1. The van der Waals surface area contributed by atoms with Gasteiger partial charge in [0.1, 0.15) is 23.4 Å². The number of rotatable bonds is 4. The van der Waals surface area contributed by atoms with Crippen molar-refractivity contribution >= 4 is 22.7 Å². The number of imidazole rings is 1. The quantitative estimate of drug-likeness (QED) is 0.543. The molecule has 6 nitrogen and oxygen atoms in total. The summed E-state index contributed by atoms with van der Waals surface area (Å²) in [5, 5.41) is 4.24. The second-order valence-corrected chi connectivity index (χ2v) is 6.56. The molecule has 4 aromatic rings. The van der Waals surface area contributed by atoms with Gasteiger partial charge in [0.2, 0.25) is 0 Å². The molecule has 1 aliphatic carbocycles. The molecule has 0 fully saturated rings. The minimum absolute atomic E-state index is 0.00227. The van der Waals surface area contributed by atoms with Crippen molar-refractivity contribution in [3.8, 4) is 11.3 Å². The first-order valence-corrected chi connectivity index (χ1v) is 8.91.